The van der Waals surface area contributed by atoms with E-state index in [2.05, 4.69) is 4.52 Å². The van der Waals surface area contributed by atoms with E-state index in [9.17, 15) is 24.1 Å². The topological polar surface area (TPSA) is 236 Å². The van der Waals surface area contributed by atoms with Crippen LogP contribution in [0.3, 0.4) is 0 Å². The Bertz CT molecular complexity index is 461. The van der Waals surface area contributed by atoms with Gasteiger partial charge in [-0.05, 0) is 0 Å². The van der Waals surface area contributed by atoms with Gasteiger partial charge in [0.15, 0.2) is 5.60 Å². The van der Waals surface area contributed by atoms with Crippen molar-refractivity contribution in [1.82, 2.24) is 0 Å². The van der Waals surface area contributed by atoms with Gasteiger partial charge in [-0.2, -0.15) is 0 Å². The van der Waals surface area contributed by atoms with Gasteiger partial charge in [0.2, 0.25) is 0 Å². The molecular weight excluding hydrogens is 342 g/mol. The van der Waals surface area contributed by atoms with Crippen LogP contribution in [0.15, 0.2) is 0 Å². The molecule has 0 saturated heterocycles. The van der Waals surface area contributed by atoms with Crippen LogP contribution in [0.5, 0.6) is 0 Å². The van der Waals surface area contributed by atoms with E-state index in [1.54, 1.807) is 0 Å². The first-order chi connectivity index (χ1) is 9.19. The Hall–Kier alpha value is -1.46. The van der Waals surface area contributed by atoms with Crippen molar-refractivity contribution in [2.45, 2.75) is 18.4 Å². The molecule has 13 nitrogen and oxygen atoms in total. The van der Waals surface area contributed by atoms with Crippen LogP contribution in [0, 0.1) is 0 Å². The molecule has 0 aliphatic carbocycles. The highest BCUT2D eigenvalue weighted by Crippen LogP contribution is 2.37. The molecule has 0 heterocycles. The number of rotatable bonds is 6. The van der Waals surface area contributed by atoms with Crippen LogP contribution < -0.4 is 0 Å². The maximum Gasteiger partial charge on any atom is 0.692 e. The van der Waals surface area contributed by atoms with Crippen molar-refractivity contribution in [2.24, 2.45) is 0 Å². The van der Waals surface area contributed by atoms with Crippen molar-refractivity contribution in [3.63, 3.8) is 0 Å². The minimum absolute atomic E-state index is 1.32. The molecule has 15 heteroatoms. The predicted molar refractivity (Wildman–Crippen MR) is 59.6 cm³/mol. The Morgan fingerprint density at radius 2 is 1.48 bits per heavy atom. The number of carboxylic acid groups (broad SMARTS) is 2. The Morgan fingerprint density at radius 3 is 1.71 bits per heavy atom. The summed E-state index contributed by atoms with van der Waals surface area (Å²) in [5, 5.41) is 26.1. The van der Waals surface area contributed by atoms with Gasteiger partial charge in [0.05, 0.1) is 12.8 Å². The fourth-order valence-corrected chi connectivity index (χ4v) is 1.20. The molecule has 0 amide bonds. The van der Waals surface area contributed by atoms with Crippen molar-refractivity contribution in [3.05, 3.63) is 0 Å². The summed E-state index contributed by atoms with van der Waals surface area (Å²) in [5.41, 5.74) is -2.99. The summed E-state index contributed by atoms with van der Waals surface area (Å²) in [5.74, 6) is -5.47. The Labute approximate surface area is 116 Å². The van der Waals surface area contributed by atoms with Crippen LogP contribution in [0.4, 0.5) is 0 Å². The maximum atomic E-state index is 10.8. The average Bonchev–Trinajstić information content (AvgIpc) is 2.10. The summed E-state index contributed by atoms with van der Waals surface area (Å²) in [6.45, 7) is 0. The number of carboxylic acids is 2. The molecule has 1 unspecified atom stereocenters. The molecule has 0 radical (unpaired) electrons. The quantitative estimate of drug-likeness (QED) is 0.254. The molecule has 0 aliphatic heterocycles. The highest BCUT2D eigenvalue weighted by atomic mass is 31.2. The van der Waals surface area contributed by atoms with Crippen LogP contribution in [0.1, 0.15) is 12.8 Å². The van der Waals surface area contributed by atoms with Gasteiger partial charge < -0.3 is 19.8 Å². The second kappa shape index (κ2) is 8.74. The van der Waals surface area contributed by atoms with Gasteiger partial charge >= 0.3 is 34.0 Å². The molecule has 0 saturated carbocycles. The van der Waals surface area contributed by atoms with Gasteiger partial charge in [0, 0.05) is 4.57 Å². The lowest BCUT2D eigenvalue weighted by atomic mass is 9.96. The van der Waals surface area contributed by atoms with E-state index < -0.39 is 52.4 Å². The van der Waals surface area contributed by atoms with Crippen LogP contribution in [0.25, 0.3) is 0 Å². The second-order valence-corrected chi connectivity index (χ2v) is 4.96. The van der Waals surface area contributed by atoms with Gasteiger partial charge in [0.25, 0.3) is 0 Å². The lowest BCUT2D eigenvalue weighted by Crippen LogP contribution is -2.43. The third-order valence-electron chi connectivity index (χ3n) is 1.50. The molecule has 0 aromatic carbocycles. The number of phosphoric acid groups is 1. The monoisotopic (exact) mass is 353 g/mol. The van der Waals surface area contributed by atoms with E-state index >= 15 is 0 Å². The van der Waals surface area contributed by atoms with Crippen LogP contribution in [0.2, 0.25) is 0 Å². The number of hydrogen-bond acceptors (Lipinski definition) is 7. The van der Waals surface area contributed by atoms with Crippen molar-refractivity contribution < 1.29 is 62.9 Å². The minimum Gasteiger partial charge on any atom is -0.481 e. The lowest BCUT2D eigenvalue weighted by molar-refractivity contribution is -0.170. The first-order valence-corrected chi connectivity index (χ1v) is 7.19. The molecular formula is C6H11O13P2+. The third kappa shape index (κ3) is 13.3. The smallest absolute Gasteiger partial charge is 0.481 e. The summed E-state index contributed by atoms with van der Waals surface area (Å²) >= 11 is 0. The lowest BCUT2D eigenvalue weighted by Gasteiger charge is -2.20. The van der Waals surface area contributed by atoms with E-state index in [-0.39, 0.29) is 0 Å². The minimum atomic E-state index is -5.17. The maximum absolute atomic E-state index is 10.8. The molecule has 1 atom stereocenters. The molecule has 0 bridgehead atoms. The summed E-state index contributed by atoms with van der Waals surface area (Å²) in [4.78, 5) is 62.3. The largest absolute Gasteiger partial charge is 0.692 e. The molecule has 0 aromatic heterocycles. The summed E-state index contributed by atoms with van der Waals surface area (Å²) in [7, 11) is -8.04. The SMILES string of the molecule is O=C(O)CC(O)(CC(=O)OP(=O)(O)O)C(=O)O.O=[P+](O)O. The van der Waals surface area contributed by atoms with Gasteiger partial charge in [-0.3, -0.25) is 19.4 Å². The van der Waals surface area contributed by atoms with Crippen molar-refractivity contribution in [2.75, 3.05) is 0 Å². The molecule has 0 fully saturated rings. The Morgan fingerprint density at radius 1 is 1.10 bits per heavy atom. The fraction of sp³-hybridized carbons (Fsp3) is 0.500. The zero-order valence-electron chi connectivity index (χ0n) is 9.89. The average molecular weight is 353 g/mol. The van der Waals surface area contributed by atoms with E-state index in [1.807, 2.05) is 0 Å². The van der Waals surface area contributed by atoms with E-state index in [1.165, 1.54) is 0 Å². The van der Waals surface area contributed by atoms with Gasteiger partial charge in [-0.1, -0.05) is 0 Å². The van der Waals surface area contributed by atoms with Crippen molar-refractivity contribution in [1.29, 1.82) is 0 Å². The fourth-order valence-electron chi connectivity index (χ4n) is 0.868. The normalized spacial score (nSPS) is 13.2. The second-order valence-electron chi connectivity index (χ2n) is 3.29. The number of aliphatic hydroxyl groups is 1. The van der Waals surface area contributed by atoms with Gasteiger partial charge in [-0.15, -0.1) is 9.79 Å². The molecule has 0 aliphatic rings. The highest BCUT2D eigenvalue weighted by molar-refractivity contribution is 7.46. The highest BCUT2D eigenvalue weighted by Gasteiger charge is 2.42. The number of hydrogen-bond donors (Lipinski definition) is 7. The van der Waals surface area contributed by atoms with E-state index in [4.69, 9.17) is 34.4 Å². The first kappa shape index (κ1) is 21.8. The molecule has 7 N–H and O–H groups in total. The van der Waals surface area contributed by atoms with Crippen LogP contribution >= 0.6 is 16.1 Å². The first-order valence-electron chi connectivity index (χ1n) is 4.50. The zero-order chi connectivity index (χ0) is 17.4. The Balaban J connectivity index is 0. The van der Waals surface area contributed by atoms with Crippen molar-refractivity contribution >= 4 is 34.0 Å². The van der Waals surface area contributed by atoms with Crippen LogP contribution in [-0.2, 0) is 28.0 Å². The van der Waals surface area contributed by atoms with Gasteiger partial charge in [0.1, 0.15) is 0 Å². The Kier molecular flexibility index (Phi) is 9.09. The molecule has 0 spiro atoms. The zero-order valence-corrected chi connectivity index (χ0v) is 11.7. The summed E-state index contributed by atoms with van der Waals surface area (Å²) < 4.78 is 22.4. The number of phosphoric ester groups is 1. The van der Waals surface area contributed by atoms with Crippen LogP contribution in [-0.4, -0.2) is 58.4 Å². The number of aliphatic carboxylic acids is 2. The molecule has 0 aromatic rings. The van der Waals surface area contributed by atoms with E-state index in [0.717, 1.165) is 0 Å². The van der Waals surface area contributed by atoms with Gasteiger partial charge in [-0.25, -0.2) is 9.36 Å². The molecule has 0 rings (SSSR count). The number of carbonyl (C=O) groups excluding carboxylic acids is 1. The predicted octanol–water partition coefficient (Wildman–Crippen LogP) is -2.07. The standard InChI is InChI=1S/C6H9O10P.HO3P/c7-3(8)1-6(12,5(10)11)2-4(9)16-17(13,14)15;1-4(2)3/h12H,1-2H2,(H,7,8)(H,10,11)(H2,13,14,15);(H-,1,2,3)/p+1. The summed E-state index contributed by atoms with van der Waals surface area (Å²) in [6.07, 6.45) is -2.72. The van der Waals surface area contributed by atoms with Crippen molar-refractivity contribution in [3.8, 4) is 0 Å². The molecule has 21 heavy (non-hydrogen) atoms. The number of carbonyl (C=O) groups is 3. The van der Waals surface area contributed by atoms with E-state index in [0.29, 0.717) is 0 Å². The summed E-state index contributed by atoms with van der Waals surface area (Å²) in [6, 6.07) is 0. The third-order valence-corrected chi connectivity index (χ3v) is 1.94. The molecule has 122 valence electrons.